The number of nitrogens with zero attached hydrogens (tertiary/aromatic N) is 2. The number of hydrogen-bond acceptors (Lipinski definition) is 3. The molecule has 2 heterocycles. The minimum absolute atomic E-state index is 0.636. The molecule has 0 saturated heterocycles. The summed E-state index contributed by atoms with van der Waals surface area (Å²) in [4.78, 5) is 4.43. The predicted octanol–water partition coefficient (Wildman–Crippen LogP) is 3.28. The third-order valence-corrected chi connectivity index (χ3v) is 3.51. The molecule has 3 rings (SSSR count). The summed E-state index contributed by atoms with van der Waals surface area (Å²) in [5, 5.41) is 7.92. The van der Waals surface area contributed by atoms with Crippen molar-refractivity contribution in [2.75, 3.05) is 5.73 Å². The lowest BCUT2D eigenvalue weighted by atomic mass is 10.0. The van der Waals surface area contributed by atoms with Gasteiger partial charge >= 0.3 is 0 Å². The van der Waals surface area contributed by atoms with E-state index >= 15 is 0 Å². The number of fused-ring (bicyclic) bond motifs is 1. The van der Waals surface area contributed by atoms with E-state index in [2.05, 4.69) is 31.1 Å². The molecule has 0 radical (unpaired) electrons. The van der Waals surface area contributed by atoms with E-state index in [1.54, 1.807) is 0 Å². The zero-order chi connectivity index (χ0) is 12.7. The maximum absolute atomic E-state index is 6.27. The normalized spacial score (nSPS) is 11.0. The number of nitrogen functional groups attached to an aromatic ring is 1. The Morgan fingerprint density at radius 3 is 2.67 bits per heavy atom. The van der Waals surface area contributed by atoms with Gasteiger partial charge in [0.15, 0.2) is 5.65 Å². The molecular weight excluding hydrogens is 292 g/mol. The van der Waals surface area contributed by atoms with Crippen LogP contribution >= 0.6 is 15.9 Å². The maximum Gasteiger partial charge on any atom is 0.184 e. The number of aromatic nitrogens is 3. The first kappa shape index (κ1) is 11.2. The minimum atomic E-state index is 0.636. The molecule has 5 heteroatoms. The van der Waals surface area contributed by atoms with Gasteiger partial charge in [-0.25, -0.2) is 4.98 Å². The molecule has 3 N–H and O–H groups in total. The highest BCUT2D eigenvalue weighted by molar-refractivity contribution is 9.10. The van der Waals surface area contributed by atoms with Crippen LogP contribution in [0.15, 0.2) is 34.9 Å². The molecule has 18 heavy (non-hydrogen) atoms. The van der Waals surface area contributed by atoms with Crippen LogP contribution in [-0.2, 0) is 0 Å². The first-order chi connectivity index (χ1) is 8.68. The van der Waals surface area contributed by atoms with Gasteiger partial charge in [0.1, 0.15) is 4.60 Å². The van der Waals surface area contributed by atoms with Crippen molar-refractivity contribution in [1.82, 2.24) is 15.2 Å². The van der Waals surface area contributed by atoms with Crippen molar-refractivity contribution in [1.29, 1.82) is 0 Å². The van der Waals surface area contributed by atoms with Gasteiger partial charge in [0.2, 0.25) is 0 Å². The smallest absolute Gasteiger partial charge is 0.184 e. The van der Waals surface area contributed by atoms with Crippen LogP contribution in [0, 0.1) is 6.92 Å². The van der Waals surface area contributed by atoms with Crippen molar-refractivity contribution in [2.24, 2.45) is 0 Å². The molecule has 2 aromatic heterocycles. The van der Waals surface area contributed by atoms with Gasteiger partial charge in [-0.1, -0.05) is 30.3 Å². The first-order valence-electron chi connectivity index (χ1n) is 5.53. The Kier molecular flexibility index (Phi) is 2.56. The number of aryl methyl sites for hydroxylation is 1. The zero-order valence-electron chi connectivity index (χ0n) is 9.74. The van der Waals surface area contributed by atoms with Gasteiger partial charge in [0.25, 0.3) is 0 Å². The highest BCUT2D eigenvalue weighted by atomic mass is 79.9. The summed E-state index contributed by atoms with van der Waals surface area (Å²) in [6, 6.07) is 9.96. The first-order valence-corrected chi connectivity index (χ1v) is 6.33. The molecule has 90 valence electrons. The molecule has 0 unspecified atom stereocenters. The molecule has 0 amide bonds. The number of H-pyrrole nitrogens is 1. The predicted molar refractivity (Wildman–Crippen MR) is 76.2 cm³/mol. The second-order valence-corrected chi connectivity index (χ2v) is 4.86. The number of nitrogens with two attached hydrogens (primary N) is 1. The lowest BCUT2D eigenvalue weighted by molar-refractivity contribution is 1.05. The molecule has 0 spiro atoms. The lowest BCUT2D eigenvalue weighted by Gasteiger charge is -2.09. The van der Waals surface area contributed by atoms with E-state index in [9.17, 15) is 0 Å². The van der Waals surface area contributed by atoms with Crippen molar-refractivity contribution in [2.45, 2.75) is 6.92 Å². The Morgan fingerprint density at radius 1 is 1.22 bits per heavy atom. The zero-order valence-corrected chi connectivity index (χ0v) is 11.3. The Labute approximate surface area is 112 Å². The Balaban J connectivity index is 2.39. The number of rotatable bonds is 1. The minimum Gasteiger partial charge on any atom is -0.397 e. The van der Waals surface area contributed by atoms with Gasteiger partial charge in [-0.3, -0.25) is 5.10 Å². The maximum atomic E-state index is 6.27. The second-order valence-electron chi connectivity index (χ2n) is 4.10. The van der Waals surface area contributed by atoms with Crippen molar-refractivity contribution in [3.8, 4) is 11.1 Å². The Morgan fingerprint density at radius 2 is 1.94 bits per heavy atom. The van der Waals surface area contributed by atoms with Crippen LogP contribution in [0.25, 0.3) is 22.2 Å². The van der Waals surface area contributed by atoms with Crippen molar-refractivity contribution in [3.63, 3.8) is 0 Å². The topological polar surface area (TPSA) is 67.6 Å². The highest BCUT2D eigenvalue weighted by Crippen LogP contribution is 2.37. The third kappa shape index (κ3) is 1.59. The average Bonchev–Trinajstić information content (AvgIpc) is 2.72. The standard InChI is InChI=1S/C13H11BrN4/c1-7-9-11(15)10(8-5-3-2-4-6-8)12(14)16-13(9)18-17-7/h2-6H,1H3,(H3,15,16,17,18). The number of aromatic amines is 1. The summed E-state index contributed by atoms with van der Waals surface area (Å²) in [5.41, 5.74) is 10.5. The molecule has 0 aliphatic heterocycles. The van der Waals surface area contributed by atoms with Crippen LogP contribution in [-0.4, -0.2) is 15.2 Å². The largest absolute Gasteiger partial charge is 0.397 e. The number of anilines is 1. The molecule has 3 aromatic rings. The average molecular weight is 303 g/mol. The van der Waals surface area contributed by atoms with Crippen LogP contribution in [0.4, 0.5) is 5.69 Å². The summed E-state index contributed by atoms with van der Waals surface area (Å²) in [6.07, 6.45) is 0. The van der Waals surface area contributed by atoms with E-state index in [-0.39, 0.29) is 0 Å². The molecule has 4 nitrogen and oxygen atoms in total. The van der Waals surface area contributed by atoms with Crippen LogP contribution in [0.5, 0.6) is 0 Å². The van der Waals surface area contributed by atoms with Gasteiger partial charge in [-0.15, -0.1) is 0 Å². The van der Waals surface area contributed by atoms with E-state index < -0.39 is 0 Å². The summed E-state index contributed by atoms with van der Waals surface area (Å²) in [5.74, 6) is 0. The van der Waals surface area contributed by atoms with Gasteiger partial charge < -0.3 is 5.73 Å². The summed E-state index contributed by atoms with van der Waals surface area (Å²) in [6.45, 7) is 1.94. The van der Waals surface area contributed by atoms with Crippen molar-refractivity contribution >= 4 is 32.7 Å². The summed E-state index contributed by atoms with van der Waals surface area (Å²) in [7, 11) is 0. The van der Waals surface area contributed by atoms with Crippen molar-refractivity contribution < 1.29 is 0 Å². The van der Waals surface area contributed by atoms with E-state index in [1.165, 1.54) is 0 Å². The summed E-state index contributed by atoms with van der Waals surface area (Å²) >= 11 is 3.47. The molecule has 1 aromatic carbocycles. The van der Waals surface area contributed by atoms with Gasteiger partial charge in [-0.05, 0) is 28.4 Å². The van der Waals surface area contributed by atoms with Gasteiger partial charge in [-0.2, -0.15) is 5.10 Å². The molecule has 0 aliphatic rings. The summed E-state index contributed by atoms with van der Waals surface area (Å²) < 4.78 is 0.713. The molecular formula is C13H11BrN4. The number of benzene rings is 1. The SMILES string of the molecule is Cc1[nH]nc2nc(Br)c(-c3ccccc3)c(N)c12. The number of halogens is 1. The molecule has 0 bridgehead atoms. The van der Waals surface area contributed by atoms with Crippen LogP contribution in [0.2, 0.25) is 0 Å². The monoisotopic (exact) mass is 302 g/mol. The van der Waals surface area contributed by atoms with Gasteiger partial charge in [0.05, 0.1) is 11.1 Å². The number of pyridine rings is 1. The Hall–Kier alpha value is -1.88. The molecule has 0 saturated carbocycles. The van der Waals surface area contributed by atoms with E-state index in [1.807, 2.05) is 37.3 Å². The van der Waals surface area contributed by atoms with Crippen LogP contribution < -0.4 is 5.73 Å². The number of nitrogens with one attached hydrogen (secondary N) is 1. The van der Waals surface area contributed by atoms with E-state index in [0.29, 0.717) is 15.9 Å². The highest BCUT2D eigenvalue weighted by Gasteiger charge is 2.16. The second kappa shape index (κ2) is 4.10. The van der Waals surface area contributed by atoms with E-state index in [0.717, 1.165) is 22.2 Å². The molecule has 0 aliphatic carbocycles. The van der Waals surface area contributed by atoms with Crippen LogP contribution in [0.1, 0.15) is 5.69 Å². The fourth-order valence-electron chi connectivity index (χ4n) is 2.08. The fourth-order valence-corrected chi connectivity index (χ4v) is 2.69. The van der Waals surface area contributed by atoms with E-state index in [4.69, 9.17) is 5.73 Å². The number of hydrogen-bond donors (Lipinski definition) is 2. The Bertz CT molecular complexity index is 719. The third-order valence-electron chi connectivity index (χ3n) is 2.94. The van der Waals surface area contributed by atoms with Gasteiger partial charge in [0, 0.05) is 11.3 Å². The molecule has 0 fully saturated rings. The fraction of sp³-hybridized carbons (Fsp3) is 0.0769. The molecule has 0 atom stereocenters. The lowest BCUT2D eigenvalue weighted by Crippen LogP contribution is -1.95. The van der Waals surface area contributed by atoms with Crippen molar-refractivity contribution in [3.05, 3.63) is 40.6 Å². The van der Waals surface area contributed by atoms with Crippen LogP contribution in [0.3, 0.4) is 0 Å². The quantitative estimate of drug-likeness (QED) is 0.678.